The summed E-state index contributed by atoms with van der Waals surface area (Å²) >= 11 is 0. The maximum Gasteiger partial charge on any atom is 0.287 e. The van der Waals surface area contributed by atoms with E-state index in [1.165, 1.54) is 12.1 Å². The lowest BCUT2D eigenvalue weighted by Crippen LogP contribution is -2.22. The van der Waals surface area contributed by atoms with Crippen LogP contribution in [0.25, 0.3) is 17.1 Å². The van der Waals surface area contributed by atoms with E-state index >= 15 is 0 Å². The summed E-state index contributed by atoms with van der Waals surface area (Å²) in [4.78, 5) is 16.6. The molecule has 7 heteroatoms. The zero-order valence-corrected chi connectivity index (χ0v) is 14.2. The number of carbonyl (C=O) groups excluding carboxylic acids is 1. The summed E-state index contributed by atoms with van der Waals surface area (Å²) in [6, 6.07) is 14.8. The molecule has 1 N–H and O–H groups in total. The zero-order valence-electron chi connectivity index (χ0n) is 14.2. The highest BCUT2D eigenvalue weighted by Crippen LogP contribution is 2.24. The molecule has 1 aromatic carbocycles. The second kappa shape index (κ2) is 7.25. The van der Waals surface area contributed by atoms with Gasteiger partial charge in [-0.15, -0.1) is 0 Å². The first-order chi connectivity index (χ1) is 13.2. The molecular weight excluding hydrogens is 347 g/mol. The highest BCUT2D eigenvalue weighted by Gasteiger charge is 2.14. The van der Waals surface area contributed by atoms with Gasteiger partial charge in [0, 0.05) is 25.1 Å². The number of benzene rings is 1. The maximum atomic E-state index is 13.8. The van der Waals surface area contributed by atoms with E-state index < -0.39 is 5.82 Å². The molecule has 0 bridgehead atoms. The molecule has 1 amide bonds. The van der Waals surface area contributed by atoms with Crippen molar-refractivity contribution >= 4 is 5.91 Å². The third-order valence-electron chi connectivity index (χ3n) is 3.97. The largest absolute Gasteiger partial charge is 0.451 e. The summed E-state index contributed by atoms with van der Waals surface area (Å²) in [7, 11) is 0. The van der Waals surface area contributed by atoms with Gasteiger partial charge in [0.05, 0.1) is 5.56 Å². The Morgan fingerprint density at radius 1 is 1.11 bits per heavy atom. The molecule has 0 aliphatic heterocycles. The number of rotatable bonds is 5. The molecule has 0 saturated carbocycles. The number of pyridine rings is 1. The van der Waals surface area contributed by atoms with Crippen LogP contribution in [0.4, 0.5) is 4.39 Å². The van der Waals surface area contributed by atoms with Crippen LogP contribution < -0.4 is 5.32 Å². The van der Waals surface area contributed by atoms with Gasteiger partial charge in [0.1, 0.15) is 11.6 Å². The number of nitrogens with zero attached hydrogens (tertiary/aromatic N) is 3. The summed E-state index contributed by atoms with van der Waals surface area (Å²) in [5.74, 6) is 0.337. The number of hydrogen-bond acceptors (Lipinski definition) is 4. The number of aromatic nitrogens is 3. The van der Waals surface area contributed by atoms with Gasteiger partial charge in [0.2, 0.25) is 0 Å². The van der Waals surface area contributed by atoms with Gasteiger partial charge in [-0.2, -0.15) is 5.10 Å². The predicted octanol–water partition coefficient (Wildman–Crippen LogP) is 3.60. The lowest BCUT2D eigenvalue weighted by atomic mass is 10.1. The number of carbonyl (C=O) groups is 1. The first kappa shape index (κ1) is 16.7. The Morgan fingerprint density at radius 2 is 2.00 bits per heavy atom. The van der Waals surface area contributed by atoms with Crippen molar-refractivity contribution in [1.82, 2.24) is 20.1 Å². The van der Waals surface area contributed by atoms with E-state index in [-0.39, 0.29) is 11.7 Å². The number of furan rings is 1. The Morgan fingerprint density at radius 3 is 2.74 bits per heavy atom. The lowest BCUT2D eigenvalue weighted by Gasteiger charge is -2.05. The molecule has 3 heterocycles. The van der Waals surface area contributed by atoms with Gasteiger partial charge < -0.3 is 9.73 Å². The molecule has 0 saturated heterocycles. The Bertz CT molecular complexity index is 1060. The lowest BCUT2D eigenvalue weighted by molar-refractivity contribution is 0.0924. The monoisotopic (exact) mass is 362 g/mol. The SMILES string of the molecule is O=C(NCc1ccc(-n2cccn2)nc1)c1ccc(-c2ccccc2F)o1. The molecule has 134 valence electrons. The fraction of sp³-hybridized carbons (Fsp3) is 0.0500. The van der Waals surface area contributed by atoms with Crippen molar-refractivity contribution in [2.24, 2.45) is 0 Å². The van der Waals surface area contributed by atoms with E-state index in [4.69, 9.17) is 4.42 Å². The van der Waals surface area contributed by atoms with Crippen molar-refractivity contribution in [3.63, 3.8) is 0 Å². The molecule has 4 rings (SSSR count). The summed E-state index contributed by atoms with van der Waals surface area (Å²) in [5, 5.41) is 6.87. The molecule has 27 heavy (non-hydrogen) atoms. The van der Waals surface area contributed by atoms with Crippen molar-refractivity contribution in [2.45, 2.75) is 6.54 Å². The third-order valence-corrected chi connectivity index (χ3v) is 3.97. The van der Waals surface area contributed by atoms with Gasteiger partial charge >= 0.3 is 0 Å². The second-order valence-electron chi connectivity index (χ2n) is 5.80. The quantitative estimate of drug-likeness (QED) is 0.589. The van der Waals surface area contributed by atoms with Crippen LogP contribution in [-0.4, -0.2) is 20.7 Å². The van der Waals surface area contributed by atoms with E-state index in [0.29, 0.717) is 23.7 Å². The molecule has 0 aliphatic rings. The summed E-state index contributed by atoms with van der Waals surface area (Å²) in [5.41, 5.74) is 1.15. The second-order valence-corrected chi connectivity index (χ2v) is 5.80. The number of amides is 1. The van der Waals surface area contributed by atoms with Crippen LogP contribution in [-0.2, 0) is 6.54 Å². The normalized spacial score (nSPS) is 10.7. The third kappa shape index (κ3) is 3.62. The molecule has 0 unspecified atom stereocenters. The van der Waals surface area contributed by atoms with Gasteiger partial charge in [0.25, 0.3) is 5.91 Å². The number of hydrogen-bond donors (Lipinski definition) is 1. The molecule has 4 aromatic rings. The molecule has 0 atom stereocenters. The van der Waals surface area contributed by atoms with Crippen LogP contribution in [0.2, 0.25) is 0 Å². The Balaban J connectivity index is 1.41. The van der Waals surface area contributed by atoms with Crippen LogP contribution in [0.15, 0.2) is 77.6 Å². The summed E-state index contributed by atoms with van der Waals surface area (Å²) in [6.07, 6.45) is 5.15. The minimum Gasteiger partial charge on any atom is -0.451 e. The molecule has 0 spiro atoms. The van der Waals surface area contributed by atoms with Crippen LogP contribution in [0.3, 0.4) is 0 Å². The highest BCUT2D eigenvalue weighted by atomic mass is 19.1. The Labute approximate surface area is 154 Å². The molecular formula is C20H15FN4O2. The van der Waals surface area contributed by atoms with Crippen molar-refractivity contribution in [2.75, 3.05) is 0 Å². The van der Waals surface area contributed by atoms with Crippen LogP contribution >= 0.6 is 0 Å². The minimum atomic E-state index is -0.401. The van der Waals surface area contributed by atoms with Crippen molar-refractivity contribution in [3.8, 4) is 17.1 Å². The number of nitrogens with one attached hydrogen (secondary N) is 1. The van der Waals surface area contributed by atoms with E-state index in [1.54, 1.807) is 47.5 Å². The Kier molecular flexibility index (Phi) is 4.49. The topological polar surface area (TPSA) is 73.0 Å². The van der Waals surface area contributed by atoms with Crippen molar-refractivity contribution in [3.05, 3.63) is 90.3 Å². The molecule has 0 radical (unpaired) electrons. The van der Waals surface area contributed by atoms with E-state index in [0.717, 1.165) is 5.56 Å². The standard InChI is InChI=1S/C20H15FN4O2/c21-16-5-2-1-4-15(16)17-7-8-18(27-17)20(26)23-13-14-6-9-19(22-12-14)25-11-3-10-24-25/h1-12H,13H2,(H,23,26). The van der Waals surface area contributed by atoms with Gasteiger partial charge in [-0.3, -0.25) is 4.79 Å². The fourth-order valence-electron chi connectivity index (χ4n) is 2.60. The average molecular weight is 362 g/mol. The first-order valence-corrected chi connectivity index (χ1v) is 8.28. The zero-order chi connectivity index (χ0) is 18.6. The molecule has 3 aromatic heterocycles. The Hall–Kier alpha value is -3.74. The van der Waals surface area contributed by atoms with Crippen LogP contribution in [0.5, 0.6) is 0 Å². The predicted molar refractivity (Wildman–Crippen MR) is 96.6 cm³/mol. The van der Waals surface area contributed by atoms with E-state index in [2.05, 4.69) is 15.4 Å². The minimum absolute atomic E-state index is 0.120. The van der Waals surface area contributed by atoms with Crippen molar-refractivity contribution < 1.29 is 13.6 Å². The maximum absolute atomic E-state index is 13.8. The van der Waals surface area contributed by atoms with Crippen LogP contribution in [0.1, 0.15) is 16.1 Å². The van der Waals surface area contributed by atoms with E-state index in [1.807, 2.05) is 18.2 Å². The summed E-state index contributed by atoms with van der Waals surface area (Å²) < 4.78 is 21.0. The summed E-state index contributed by atoms with van der Waals surface area (Å²) in [6.45, 7) is 0.293. The average Bonchev–Trinajstić information content (AvgIpc) is 3.39. The van der Waals surface area contributed by atoms with E-state index in [9.17, 15) is 9.18 Å². The molecule has 0 aliphatic carbocycles. The smallest absolute Gasteiger partial charge is 0.287 e. The van der Waals surface area contributed by atoms with Gasteiger partial charge in [-0.05, 0) is 42.0 Å². The van der Waals surface area contributed by atoms with Gasteiger partial charge in [-0.1, -0.05) is 18.2 Å². The molecule has 0 fully saturated rings. The van der Waals surface area contributed by atoms with Crippen LogP contribution in [0, 0.1) is 5.82 Å². The fourth-order valence-corrected chi connectivity index (χ4v) is 2.60. The number of halogens is 1. The highest BCUT2D eigenvalue weighted by molar-refractivity contribution is 5.92. The van der Waals surface area contributed by atoms with Gasteiger partial charge in [0.15, 0.2) is 11.6 Å². The van der Waals surface area contributed by atoms with Crippen molar-refractivity contribution in [1.29, 1.82) is 0 Å². The molecule has 6 nitrogen and oxygen atoms in total. The first-order valence-electron chi connectivity index (χ1n) is 8.28. The van der Waals surface area contributed by atoms with Gasteiger partial charge in [-0.25, -0.2) is 14.1 Å².